The van der Waals surface area contributed by atoms with Gasteiger partial charge in [-0.3, -0.25) is 14.2 Å². The Morgan fingerprint density at radius 2 is 1.83 bits per heavy atom. The van der Waals surface area contributed by atoms with E-state index < -0.39 is 5.60 Å². The summed E-state index contributed by atoms with van der Waals surface area (Å²) in [5, 5.41) is 16.4. The van der Waals surface area contributed by atoms with Crippen LogP contribution >= 0.6 is 23.2 Å². The first kappa shape index (κ1) is 23.5. The van der Waals surface area contributed by atoms with Gasteiger partial charge >= 0.3 is 0 Å². The maximum Gasteiger partial charge on any atom is 0.264 e. The van der Waals surface area contributed by atoms with Gasteiger partial charge in [-0.1, -0.05) is 23.2 Å². The molecule has 8 nitrogen and oxygen atoms in total. The summed E-state index contributed by atoms with van der Waals surface area (Å²) >= 11 is 12.1. The number of rotatable bonds is 4. The molecule has 1 saturated heterocycles. The van der Waals surface area contributed by atoms with Crippen molar-refractivity contribution in [3.8, 4) is 5.69 Å². The average Bonchev–Trinajstić information content (AvgIpc) is 3.26. The summed E-state index contributed by atoms with van der Waals surface area (Å²) in [6.45, 7) is 0.642. The van der Waals surface area contributed by atoms with E-state index in [1.54, 1.807) is 29.2 Å². The molecule has 1 aliphatic heterocycles. The highest BCUT2D eigenvalue weighted by Crippen LogP contribution is 2.28. The van der Waals surface area contributed by atoms with Gasteiger partial charge in [-0.2, -0.15) is 5.10 Å². The number of nitrogens with zero attached hydrogens (tertiary/aromatic N) is 5. The van der Waals surface area contributed by atoms with Gasteiger partial charge in [-0.05, 0) is 55.3 Å². The fraction of sp³-hybridized carbons (Fsp3) is 0.250. The molecule has 2 aromatic carbocycles. The normalized spacial score (nSPS) is 15.5. The Morgan fingerprint density at radius 3 is 2.51 bits per heavy atom. The Morgan fingerprint density at radius 1 is 1.11 bits per heavy atom. The minimum atomic E-state index is -1.19. The molecule has 1 N–H and O–H groups in total. The molecular weight excluding hydrogens is 496 g/mol. The first-order valence-corrected chi connectivity index (χ1v) is 11.7. The highest BCUT2D eigenvalue weighted by Gasteiger charge is 2.35. The van der Waals surface area contributed by atoms with E-state index in [1.807, 2.05) is 0 Å². The molecule has 0 saturated carbocycles. The number of aromatic nitrogens is 4. The molecule has 0 unspecified atom stereocenters. The number of likely N-dealkylation sites (tertiary alicyclic amines) is 1. The lowest BCUT2D eigenvalue weighted by Gasteiger charge is -2.38. The first-order chi connectivity index (χ1) is 16.7. The standard InChI is InChI=1S/C24H20Cl2FN5O3/c25-15-1-6-18(20(26)11-15)22(33)30-9-7-24(35,8-10-30)13-31-14-28-21-19(23(31)34)12-29-32(21)17-4-2-16(27)3-5-17/h1-6,11-12,14,35H,7-10,13H2. The number of benzene rings is 2. The molecule has 11 heteroatoms. The van der Waals surface area contributed by atoms with E-state index >= 15 is 0 Å². The molecule has 0 bridgehead atoms. The molecule has 0 atom stereocenters. The number of amides is 1. The van der Waals surface area contributed by atoms with Gasteiger partial charge in [0, 0.05) is 18.1 Å². The lowest BCUT2D eigenvalue weighted by Crippen LogP contribution is -2.49. The van der Waals surface area contributed by atoms with Gasteiger partial charge in [0.2, 0.25) is 0 Å². The van der Waals surface area contributed by atoms with Crippen molar-refractivity contribution in [1.82, 2.24) is 24.2 Å². The van der Waals surface area contributed by atoms with Crippen molar-refractivity contribution in [3.05, 3.63) is 86.8 Å². The number of carbonyl (C=O) groups is 1. The monoisotopic (exact) mass is 515 g/mol. The fourth-order valence-corrected chi connectivity index (χ4v) is 4.76. The summed E-state index contributed by atoms with van der Waals surface area (Å²) in [5.41, 5.74) is -0.270. The zero-order valence-electron chi connectivity index (χ0n) is 18.4. The van der Waals surface area contributed by atoms with Crippen LogP contribution in [0.1, 0.15) is 23.2 Å². The summed E-state index contributed by atoms with van der Waals surface area (Å²) in [5.74, 6) is -0.611. The van der Waals surface area contributed by atoms with Crippen molar-refractivity contribution in [2.45, 2.75) is 25.0 Å². The molecule has 0 aliphatic carbocycles. The second kappa shape index (κ2) is 9.07. The number of aliphatic hydroxyl groups is 1. The SMILES string of the molecule is O=C(c1ccc(Cl)cc1Cl)N1CCC(O)(Cn2cnc3c(cnn3-c3ccc(F)cc3)c2=O)CC1. The van der Waals surface area contributed by atoms with Crippen LogP contribution in [0.5, 0.6) is 0 Å². The van der Waals surface area contributed by atoms with Crippen LogP contribution in [0.25, 0.3) is 16.7 Å². The Balaban J connectivity index is 1.32. The summed E-state index contributed by atoms with van der Waals surface area (Å²) in [6, 6.07) is 10.4. The third kappa shape index (κ3) is 4.54. The van der Waals surface area contributed by atoms with Gasteiger partial charge in [0.05, 0.1) is 34.6 Å². The summed E-state index contributed by atoms with van der Waals surface area (Å²) in [4.78, 5) is 31.9. The zero-order chi connectivity index (χ0) is 24.7. The Kier molecular flexibility index (Phi) is 6.08. The maximum absolute atomic E-state index is 13.3. The number of piperidine rings is 1. The van der Waals surface area contributed by atoms with Gasteiger partial charge in [-0.25, -0.2) is 14.1 Å². The second-order valence-electron chi connectivity index (χ2n) is 8.59. The average molecular weight is 516 g/mol. The highest BCUT2D eigenvalue weighted by molar-refractivity contribution is 6.36. The second-order valence-corrected chi connectivity index (χ2v) is 9.43. The van der Waals surface area contributed by atoms with Crippen LogP contribution in [-0.2, 0) is 6.54 Å². The molecule has 3 heterocycles. The van der Waals surface area contributed by atoms with Gasteiger partial charge < -0.3 is 10.0 Å². The molecule has 1 fully saturated rings. The van der Waals surface area contributed by atoms with Crippen molar-refractivity contribution in [2.75, 3.05) is 13.1 Å². The lowest BCUT2D eigenvalue weighted by molar-refractivity contribution is -0.0299. The molecule has 35 heavy (non-hydrogen) atoms. The molecular formula is C24H20Cl2FN5O3. The van der Waals surface area contributed by atoms with Crippen molar-refractivity contribution >= 4 is 40.1 Å². The molecule has 1 aliphatic rings. The minimum absolute atomic E-state index is 0.0280. The van der Waals surface area contributed by atoms with Gasteiger partial charge in [0.15, 0.2) is 5.65 Å². The van der Waals surface area contributed by atoms with Crippen LogP contribution in [0.3, 0.4) is 0 Å². The Labute approximate surface area is 209 Å². The van der Waals surface area contributed by atoms with E-state index in [2.05, 4.69) is 10.1 Å². The molecule has 2 aromatic heterocycles. The molecule has 180 valence electrons. The summed E-state index contributed by atoms with van der Waals surface area (Å²) < 4.78 is 16.1. The van der Waals surface area contributed by atoms with Crippen LogP contribution in [0.4, 0.5) is 4.39 Å². The summed E-state index contributed by atoms with van der Waals surface area (Å²) in [7, 11) is 0. The third-order valence-corrected chi connectivity index (χ3v) is 6.78. The van der Waals surface area contributed by atoms with E-state index in [1.165, 1.54) is 40.0 Å². The van der Waals surface area contributed by atoms with Gasteiger partial charge in [-0.15, -0.1) is 0 Å². The smallest absolute Gasteiger partial charge is 0.264 e. The number of fused-ring (bicyclic) bond motifs is 1. The predicted octanol–water partition coefficient (Wildman–Crippen LogP) is 3.70. The van der Waals surface area contributed by atoms with Crippen molar-refractivity contribution in [3.63, 3.8) is 0 Å². The third-order valence-electron chi connectivity index (χ3n) is 6.23. The number of hydrogen-bond acceptors (Lipinski definition) is 5. The highest BCUT2D eigenvalue weighted by atomic mass is 35.5. The fourth-order valence-electron chi connectivity index (χ4n) is 4.27. The predicted molar refractivity (Wildman–Crippen MR) is 130 cm³/mol. The zero-order valence-corrected chi connectivity index (χ0v) is 19.9. The number of carbonyl (C=O) groups excluding carboxylic acids is 1. The largest absolute Gasteiger partial charge is 0.388 e. The quantitative estimate of drug-likeness (QED) is 0.447. The Hall–Kier alpha value is -3.27. The van der Waals surface area contributed by atoms with E-state index in [0.717, 1.165) is 0 Å². The molecule has 0 radical (unpaired) electrons. The van der Waals surface area contributed by atoms with E-state index in [4.69, 9.17) is 23.2 Å². The molecule has 5 rings (SSSR count). The van der Waals surface area contributed by atoms with E-state index in [-0.39, 0.29) is 47.1 Å². The Bertz CT molecular complexity index is 1480. The topological polar surface area (TPSA) is 93.2 Å². The van der Waals surface area contributed by atoms with Crippen LogP contribution in [0.15, 0.2) is 59.8 Å². The van der Waals surface area contributed by atoms with Gasteiger partial charge in [0.25, 0.3) is 11.5 Å². The van der Waals surface area contributed by atoms with E-state index in [0.29, 0.717) is 35.0 Å². The van der Waals surface area contributed by atoms with E-state index in [9.17, 15) is 19.1 Å². The van der Waals surface area contributed by atoms with Crippen LogP contribution in [0, 0.1) is 5.82 Å². The maximum atomic E-state index is 13.3. The minimum Gasteiger partial charge on any atom is -0.388 e. The van der Waals surface area contributed by atoms with Crippen molar-refractivity contribution in [2.24, 2.45) is 0 Å². The molecule has 4 aromatic rings. The molecule has 1 amide bonds. The van der Waals surface area contributed by atoms with Crippen LogP contribution in [-0.4, -0.2) is 53.9 Å². The molecule has 0 spiro atoms. The number of halogens is 3. The van der Waals surface area contributed by atoms with Gasteiger partial charge in [0.1, 0.15) is 17.5 Å². The summed E-state index contributed by atoms with van der Waals surface area (Å²) in [6.07, 6.45) is 3.34. The van der Waals surface area contributed by atoms with Crippen LogP contribution in [0.2, 0.25) is 10.0 Å². The van der Waals surface area contributed by atoms with Crippen molar-refractivity contribution < 1.29 is 14.3 Å². The first-order valence-electron chi connectivity index (χ1n) is 10.9. The number of hydrogen-bond donors (Lipinski definition) is 1. The lowest BCUT2D eigenvalue weighted by atomic mass is 9.91. The van der Waals surface area contributed by atoms with Crippen LogP contribution < -0.4 is 5.56 Å². The van der Waals surface area contributed by atoms with Crippen molar-refractivity contribution in [1.29, 1.82) is 0 Å².